The van der Waals surface area contributed by atoms with E-state index in [1.54, 1.807) is 29.2 Å². The van der Waals surface area contributed by atoms with Crippen LogP contribution in [-0.4, -0.2) is 46.8 Å². The van der Waals surface area contributed by atoms with E-state index in [0.29, 0.717) is 27.0 Å². The minimum Gasteiger partial charge on any atom is -0.376 e. The van der Waals surface area contributed by atoms with Crippen LogP contribution < -0.4 is 10.2 Å². The third-order valence-corrected chi connectivity index (χ3v) is 6.40. The molecule has 146 valence electrons. The van der Waals surface area contributed by atoms with Crippen molar-refractivity contribution in [3.63, 3.8) is 0 Å². The maximum absolute atomic E-state index is 12.5. The first-order chi connectivity index (χ1) is 12.5. The number of halogens is 2. The molecule has 0 aliphatic rings. The van der Waals surface area contributed by atoms with Gasteiger partial charge in [0.2, 0.25) is 15.9 Å². The molecule has 1 N–H and O–H groups in total. The summed E-state index contributed by atoms with van der Waals surface area (Å²) >= 11 is 11.9. The molecular weight excluding hydrogens is 409 g/mol. The van der Waals surface area contributed by atoms with Gasteiger partial charge in [0.1, 0.15) is 0 Å². The summed E-state index contributed by atoms with van der Waals surface area (Å²) < 4.78 is 25.9. The van der Waals surface area contributed by atoms with E-state index >= 15 is 0 Å². The third-order valence-electron chi connectivity index (χ3n) is 3.85. The first kappa shape index (κ1) is 21.5. The number of hydrogen-bond donors (Lipinski definition) is 1. The van der Waals surface area contributed by atoms with Gasteiger partial charge in [-0.1, -0.05) is 29.3 Å². The number of carbonyl (C=O) groups is 1. The number of rotatable bonds is 6. The molecule has 0 saturated carbocycles. The number of nitrogens with zero attached hydrogens (tertiary/aromatic N) is 2. The molecule has 6 nitrogen and oxygen atoms in total. The standard InChI is InChI=1S/C18H21Cl2N3O3S/c1-22(2)17-8-6-13(27(25,26)23(3)4)11-16(17)21-18(24)10-12-5-7-14(19)15(20)9-12/h5-9,11H,10H2,1-4H3,(H,21,24). The fraction of sp³-hybridized carbons (Fsp3) is 0.278. The van der Waals surface area contributed by atoms with Gasteiger partial charge in [-0.05, 0) is 35.9 Å². The first-order valence-electron chi connectivity index (χ1n) is 8.00. The summed E-state index contributed by atoms with van der Waals surface area (Å²) in [7, 11) is 2.92. The molecule has 2 aromatic carbocycles. The van der Waals surface area contributed by atoms with E-state index < -0.39 is 10.0 Å². The zero-order chi connectivity index (χ0) is 20.4. The third kappa shape index (κ3) is 5.13. The molecule has 2 rings (SSSR count). The van der Waals surface area contributed by atoms with E-state index in [-0.39, 0.29) is 17.2 Å². The molecule has 0 saturated heterocycles. The summed E-state index contributed by atoms with van der Waals surface area (Å²) in [6.45, 7) is 0. The summed E-state index contributed by atoms with van der Waals surface area (Å²) in [6, 6.07) is 9.60. The summed E-state index contributed by atoms with van der Waals surface area (Å²) in [5.74, 6) is -0.295. The van der Waals surface area contributed by atoms with E-state index in [9.17, 15) is 13.2 Å². The van der Waals surface area contributed by atoms with E-state index in [1.165, 1.54) is 26.2 Å². The summed E-state index contributed by atoms with van der Waals surface area (Å²) in [4.78, 5) is 14.4. The Hall–Kier alpha value is -1.80. The predicted octanol–water partition coefficient (Wildman–Crippen LogP) is 3.49. The Bertz CT molecular complexity index is 960. The quantitative estimate of drug-likeness (QED) is 0.762. The average Bonchev–Trinajstić information content (AvgIpc) is 2.57. The smallest absolute Gasteiger partial charge is 0.242 e. The van der Waals surface area contributed by atoms with E-state index in [0.717, 1.165) is 4.31 Å². The molecule has 0 fully saturated rings. The molecule has 27 heavy (non-hydrogen) atoms. The second-order valence-corrected chi connectivity index (χ2v) is 9.30. The zero-order valence-electron chi connectivity index (χ0n) is 15.5. The van der Waals surface area contributed by atoms with Crippen LogP contribution in [0, 0.1) is 0 Å². The summed E-state index contributed by atoms with van der Waals surface area (Å²) in [5.41, 5.74) is 1.80. The van der Waals surface area contributed by atoms with Crippen molar-refractivity contribution in [1.82, 2.24) is 4.31 Å². The molecule has 0 spiro atoms. The molecule has 0 bridgehead atoms. The van der Waals surface area contributed by atoms with Crippen LogP contribution in [-0.2, 0) is 21.2 Å². The lowest BCUT2D eigenvalue weighted by Gasteiger charge is -2.20. The molecule has 0 radical (unpaired) electrons. The largest absolute Gasteiger partial charge is 0.376 e. The molecule has 0 aliphatic heterocycles. The molecule has 1 amide bonds. The molecule has 2 aromatic rings. The lowest BCUT2D eigenvalue weighted by molar-refractivity contribution is -0.115. The van der Waals surface area contributed by atoms with Crippen LogP contribution in [0.4, 0.5) is 11.4 Å². The van der Waals surface area contributed by atoms with Gasteiger partial charge in [-0.3, -0.25) is 4.79 Å². The highest BCUT2D eigenvalue weighted by molar-refractivity contribution is 7.89. The number of hydrogen-bond acceptors (Lipinski definition) is 4. The number of amides is 1. The van der Waals surface area contributed by atoms with E-state index in [2.05, 4.69) is 5.32 Å². The van der Waals surface area contributed by atoms with Crippen molar-refractivity contribution in [3.05, 3.63) is 52.0 Å². The van der Waals surface area contributed by atoms with Gasteiger partial charge in [-0.25, -0.2) is 12.7 Å². The van der Waals surface area contributed by atoms with Crippen LogP contribution in [0.1, 0.15) is 5.56 Å². The minimum absolute atomic E-state index is 0.0778. The summed E-state index contributed by atoms with van der Waals surface area (Å²) in [6.07, 6.45) is 0.0778. The van der Waals surface area contributed by atoms with Gasteiger partial charge in [-0.15, -0.1) is 0 Å². The monoisotopic (exact) mass is 429 g/mol. The lowest BCUT2D eigenvalue weighted by atomic mass is 10.1. The van der Waals surface area contributed by atoms with Crippen LogP contribution in [0.15, 0.2) is 41.3 Å². The van der Waals surface area contributed by atoms with Crippen molar-refractivity contribution in [2.24, 2.45) is 0 Å². The van der Waals surface area contributed by atoms with Crippen LogP contribution in [0.3, 0.4) is 0 Å². The maximum atomic E-state index is 12.5. The Kier molecular flexibility index (Phi) is 6.75. The van der Waals surface area contributed by atoms with Gasteiger partial charge in [0.05, 0.1) is 32.7 Å². The van der Waals surface area contributed by atoms with E-state index in [1.807, 2.05) is 14.1 Å². The van der Waals surface area contributed by atoms with Gasteiger partial charge in [-0.2, -0.15) is 0 Å². The number of benzene rings is 2. The Morgan fingerprint density at radius 3 is 2.22 bits per heavy atom. The normalized spacial score (nSPS) is 11.5. The SMILES string of the molecule is CN(C)c1ccc(S(=O)(=O)N(C)C)cc1NC(=O)Cc1ccc(Cl)c(Cl)c1. The first-order valence-corrected chi connectivity index (χ1v) is 10.2. The number of nitrogens with one attached hydrogen (secondary N) is 1. The van der Waals surface area contributed by atoms with Crippen molar-refractivity contribution in [3.8, 4) is 0 Å². The van der Waals surface area contributed by atoms with Crippen molar-refractivity contribution >= 4 is 50.5 Å². The Balaban J connectivity index is 2.32. The summed E-state index contributed by atoms with van der Waals surface area (Å²) in [5, 5.41) is 3.57. The predicted molar refractivity (Wildman–Crippen MR) is 110 cm³/mol. The Morgan fingerprint density at radius 2 is 1.67 bits per heavy atom. The second-order valence-electron chi connectivity index (χ2n) is 6.33. The van der Waals surface area contributed by atoms with Crippen molar-refractivity contribution in [2.75, 3.05) is 38.4 Å². The average molecular weight is 430 g/mol. The van der Waals surface area contributed by atoms with Gasteiger partial charge >= 0.3 is 0 Å². The van der Waals surface area contributed by atoms with Gasteiger partial charge in [0.25, 0.3) is 0 Å². The minimum atomic E-state index is -3.62. The number of carbonyl (C=O) groups excluding carboxylic acids is 1. The van der Waals surface area contributed by atoms with Crippen molar-refractivity contribution < 1.29 is 13.2 Å². The molecule has 0 aromatic heterocycles. The van der Waals surface area contributed by atoms with Gasteiger partial charge in [0.15, 0.2) is 0 Å². The maximum Gasteiger partial charge on any atom is 0.242 e. The molecule has 0 atom stereocenters. The van der Waals surface area contributed by atoms with E-state index in [4.69, 9.17) is 23.2 Å². The van der Waals surface area contributed by atoms with Crippen LogP contribution >= 0.6 is 23.2 Å². The van der Waals surface area contributed by atoms with Gasteiger partial charge in [0, 0.05) is 28.2 Å². The Morgan fingerprint density at radius 1 is 1.00 bits per heavy atom. The molecular formula is C18H21Cl2N3O3S. The molecule has 9 heteroatoms. The van der Waals surface area contributed by atoms with Crippen molar-refractivity contribution in [2.45, 2.75) is 11.3 Å². The van der Waals surface area contributed by atoms with Gasteiger partial charge < -0.3 is 10.2 Å². The van der Waals surface area contributed by atoms with Crippen LogP contribution in [0.2, 0.25) is 10.0 Å². The molecule has 0 unspecified atom stereocenters. The fourth-order valence-electron chi connectivity index (χ4n) is 2.41. The topological polar surface area (TPSA) is 69.7 Å². The number of sulfonamides is 1. The van der Waals surface area contributed by atoms with Crippen LogP contribution in [0.25, 0.3) is 0 Å². The highest BCUT2D eigenvalue weighted by Gasteiger charge is 2.20. The molecule has 0 aliphatic carbocycles. The van der Waals surface area contributed by atoms with Crippen molar-refractivity contribution in [1.29, 1.82) is 0 Å². The zero-order valence-corrected chi connectivity index (χ0v) is 17.8. The fourth-order valence-corrected chi connectivity index (χ4v) is 3.66. The Labute approximate surface area is 169 Å². The van der Waals surface area contributed by atoms with Crippen LogP contribution in [0.5, 0.6) is 0 Å². The second kappa shape index (κ2) is 8.48. The molecule has 0 heterocycles. The number of anilines is 2. The highest BCUT2D eigenvalue weighted by atomic mass is 35.5. The highest BCUT2D eigenvalue weighted by Crippen LogP contribution is 2.29. The lowest BCUT2D eigenvalue weighted by Crippen LogP contribution is -2.23.